The number of hydrogen-bond acceptors (Lipinski definition) is 7. The van der Waals surface area contributed by atoms with Crippen LogP contribution in [-0.4, -0.2) is 41.9 Å². The summed E-state index contributed by atoms with van der Waals surface area (Å²) in [4.78, 5) is 17.3. The molecule has 2 aromatic heterocycles. The van der Waals surface area contributed by atoms with Gasteiger partial charge in [0.05, 0.1) is 16.3 Å². The van der Waals surface area contributed by atoms with Gasteiger partial charge in [0, 0.05) is 11.9 Å². The molecule has 1 aliphatic carbocycles. The fourth-order valence-electron chi connectivity index (χ4n) is 4.64. The van der Waals surface area contributed by atoms with E-state index in [1.165, 1.54) is 38.1 Å². The number of ether oxygens (including phenoxy) is 1. The number of alkyl halides is 6. The summed E-state index contributed by atoms with van der Waals surface area (Å²) in [6.45, 7) is 3.80. The maximum atomic E-state index is 13.9. The summed E-state index contributed by atoms with van der Waals surface area (Å²) in [5.41, 5.74) is -4.90. The van der Waals surface area contributed by atoms with E-state index in [4.69, 9.17) is 4.74 Å². The van der Waals surface area contributed by atoms with Crippen LogP contribution in [0.2, 0.25) is 0 Å². The predicted molar refractivity (Wildman–Crippen MR) is 135 cm³/mol. The van der Waals surface area contributed by atoms with Gasteiger partial charge in [-0.25, -0.2) is 8.42 Å². The largest absolute Gasteiger partial charge is 0.435 e. The lowest BCUT2D eigenvalue weighted by Gasteiger charge is -2.42. The first-order valence-corrected chi connectivity index (χ1v) is 14.0. The molecule has 0 saturated heterocycles. The molecule has 8 nitrogen and oxygen atoms in total. The van der Waals surface area contributed by atoms with E-state index in [1.807, 2.05) is 0 Å². The van der Waals surface area contributed by atoms with Crippen LogP contribution < -0.4 is 10.1 Å². The zero-order valence-corrected chi connectivity index (χ0v) is 23.0. The van der Waals surface area contributed by atoms with Crippen LogP contribution in [0.4, 0.5) is 32.0 Å². The van der Waals surface area contributed by atoms with Crippen molar-refractivity contribution < 1.29 is 44.3 Å². The van der Waals surface area contributed by atoms with Crippen molar-refractivity contribution in [2.75, 3.05) is 11.6 Å². The molecule has 4 rings (SSSR count). The smallest absolute Gasteiger partial charge is 0.435 e. The van der Waals surface area contributed by atoms with Crippen molar-refractivity contribution in [2.24, 2.45) is 0 Å². The third-order valence-electron chi connectivity index (χ3n) is 6.97. The summed E-state index contributed by atoms with van der Waals surface area (Å²) in [7, 11) is -3.66. The van der Waals surface area contributed by atoms with E-state index in [9.17, 15) is 39.6 Å². The number of aryl methyl sites for hydroxylation is 2. The summed E-state index contributed by atoms with van der Waals surface area (Å²) in [6, 6.07) is 6.26. The molecule has 3 aromatic rings. The first-order chi connectivity index (χ1) is 18.8. The molecule has 1 aromatic carbocycles. The van der Waals surface area contributed by atoms with Crippen LogP contribution in [0.25, 0.3) is 0 Å². The lowest BCUT2D eigenvalue weighted by molar-refractivity contribution is -0.214. The van der Waals surface area contributed by atoms with Crippen LogP contribution in [0.1, 0.15) is 57.8 Å². The summed E-state index contributed by atoms with van der Waals surface area (Å²) in [5, 5.41) is 9.02. The number of rotatable bonds is 6. The first kappa shape index (κ1) is 30.2. The van der Waals surface area contributed by atoms with Crippen LogP contribution in [0, 0.1) is 20.8 Å². The number of pyridine rings is 1. The summed E-state index contributed by atoms with van der Waals surface area (Å²) < 4.78 is 112. The van der Waals surface area contributed by atoms with Gasteiger partial charge in [0.1, 0.15) is 11.0 Å². The monoisotopic (exact) mass is 602 g/mol. The minimum Gasteiger partial charge on any atom is -0.435 e. The summed E-state index contributed by atoms with van der Waals surface area (Å²) >= 11 is 0. The number of anilines is 1. The van der Waals surface area contributed by atoms with Crippen molar-refractivity contribution in [1.29, 1.82) is 0 Å². The number of aromatic nitrogens is 3. The Kier molecular flexibility index (Phi) is 7.56. The Bertz CT molecular complexity index is 1610. The summed E-state index contributed by atoms with van der Waals surface area (Å²) in [6.07, 6.45) is -8.45. The van der Waals surface area contributed by atoms with Gasteiger partial charge >= 0.3 is 12.4 Å². The van der Waals surface area contributed by atoms with E-state index in [2.05, 4.69) is 20.5 Å². The third-order valence-corrected chi connectivity index (χ3v) is 8.08. The minimum absolute atomic E-state index is 0.00193. The second-order valence-electron chi connectivity index (χ2n) is 9.88. The number of amides is 1. The van der Waals surface area contributed by atoms with Gasteiger partial charge in [-0.1, -0.05) is 12.5 Å². The van der Waals surface area contributed by atoms with E-state index < -0.39 is 56.2 Å². The molecular weight excluding hydrogens is 578 g/mol. The van der Waals surface area contributed by atoms with Crippen LogP contribution >= 0.6 is 0 Å². The predicted octanol–water partition coefficient (Wildman–Crippen LogP) is 6.25. The molecule has 1 aliphatic rings. The molecular formula is C26H24F6N4O4S. The van der Waals surface area contributed by atoms with Gasteiger partial charge in [-0.15, -0.1) is 10.2 Å². The molecule has 1 N–H and O–H groups in total. The van der Waals surface area contributed by atoms with Crippen molar-refractivity contribution in [1.82, 2.24) is 15.2 Å². The van der Waals surface area contributed by atoms with Gasteiger partial charge in [0.15, 0.2) is 21.3 Å². The Morgan fingerprint density at radius 2 is 1.68 bits per heavy atom. The molecule has 0 unspecified atom stereocenters. The van der Waals surface area contributed by atoms with E-state index in [0.717, 1.165) is 19.2 Å². The highest BCUT2D eigenvalue weighted by molar-refractivity contribution is 7.90. The van der Waals surface area contributed by atoms with Crippen molar-refractivity contribution >= 4 is 21.4 Å². The van der Waals surface area contributed by atoms with E-state index in [1.54, 1.807) is 0 Å². The molecule has 15 heteroatoms. The Morgan fingerprint density at radius 1 is 1.02 bits per heavy atom. The fourth-order valence-corrected chi connectivity index (χ4v) is 5.30. The number of sulfone groups is 1. The Morgan fingerprint density at radius 3 is 2.20 bits per heavy atom. The maximum absolute atomic E-state index is 13.9. The van der Waals surface area contributed by atoms with Gasteiger partial charge in [-0.3, -0.25) is 9.78 Å². The average molecular weight is 603 g/mol. The Labute approximate surface area is 231 Å². The highest BCUT2D eigenvalue weighted by Crippen LogP contribution is 2.54. The molecule has 0 atom stereocenters. The van der Waals surface area contributed by atoms with E-state index >= 15 is 0 Å². The van der Waals surface area contributed by atoms with Crippen molar-refractivity contribution in [3.05, 3.63) is 64.1 Å². The van der Waals surface area contributed by atoms with Gasteiger partial charge in [0.2, 0.25) is 0 Å². The Hall–Kier alpha value is -3.75. The number of nitrogens with one attached hydrogen (secondary N) is 1. The molecule has 220 valence electrons. The number of nitrogens with zero attached hydrogens (tertiary/aromatic N) is 3. The molecule has 0 radical (unpaired) electrons. The molecule has 0 aliphatic heterocycles. The maximum Gasteiger partial charge on any atom is 0.435 e. The number of carbonyl (C=O) groups is 1. The average Bonchev–Trinajstić information content (AvgIpc) is 2.78. The summed E-state index contributed by atoms with van der Waals surface area (Å²) in [5.74, 6) is -1.87. The van der Waals surface area contributed by atoms with Gasteiger partial charge in [-0.05, 0) is 69.0 Å². The van der Waals surface area contributed by atoms with Gasteiger partial charge in [-0.2, -0.15) is 26.3 Å². The molecule has 0 spiro atoms. The number of halogens is 6. The highest BCUT2D eigenvalue weighted by Gasteiger charge is 2.60. The molecule has 1 saturated carbocycles. The van der Waals surface area contributed by atoms with Crippen LogP contribution in [0.15, 0.2) is 35.2 Å². The van der Waals surface area contributed by atoms with Gasteiger partial charge < -0.3 is 10.1 Å². The number of carbonyl (C=O) groups excluding carboxylic acids is 1. The number of benzene rings is 1. The molecule has 41 heavy (non-hydrogen) atoms. The topological polar surface area (TPSA) is 111 Å². The van der Waals surface area contributed by atoms with Crippen LogP contribution in [0.3, 0.4) is 0 Å². The van der Waals surface area contributed by atoms with Crippen LogP contribution in [-0.2, 0) is 21.4 Å². The zero-order valence-electron chi connectivity index (χ0n) is 22.2. The highest BCUT2D eigenvalue weighted by atomic mass is 32.2. The van der Waals surface area contributed by atoms with E-state index in [0.29, 0.717) is 6.42 Å². The quantitative estimate of drug-likeness (QED) is 0.332. The first-order valence-electron chi connectivity index (χ1n) is 12.1. The van der Waals surface area contributed by atoms with Gasteiger partial charge in [0.25, 0.3) is 11.8 Å². The Balaban J connectivity index is 1.78. The van der Waals surface area contributed by atoms with E-state index in [-0.39, 0.29) is 46.1 Å². The zero-order chi connectivity index (χ0) is 30.5. The van der Waals surface area contributed by atoms with Crippen molar-refractivity contribution in [3.63, 3.8) is 0 Å². The van der Waals surface area contributed by atoms with Crippen molar-refractivity contribution in [2.45, 2.75) is 62.7 Å². The standard InChI is InChI=1S/C26H24F6N4O4S/c1-13-11-18(24(9-6-10-24)26(30,31)32)33-15(3)20(13)40-23-19(14(2)21(35-36-23)25(27,28)29)22(37)34-16-7-5-8-17(12-16)41(4,38)39/h5,7-8,11-12H,6,9-10H2,1-4H3,(H,34,37). The SMILES string of the molecule is Cc1cc(C2(C(F)(F)F)CCC2)nc(C)c1Oc1nnc(C(F)(F)F)c(C)c1C(=O)Nc1cccc(S(C)(=O)=O)c1. The lowest BCUT2D eigenvalue weighted by atomic mass is 9.65. The molecule has 1 fully saturated rings. The van der Waals surface area contributed by atoms with Crippen LogP contribution in [0.5, 0.6) is 11.6 Å². The molecule has 2 heterocycles. The normalized spacial score (nSPS) is 15.3. The second-order valence-corrected chi connectivity index (χ2v) is 11.9. The minimum atomic E-state index is -4.98. The van der Waals surface area contributed by atoms with Crippen molar-refractivity contribution in [3.8, 4) is 11.6 Å². The fraction of sp³-hybridized carbons (Fsp3) is 0.385. The molecule has 1 amide bonds. The molecule has 0 bridgehead atoms. The second kappa shape index (κ2) is 10.3. The number of hydrogen-bond donors (Lipinski definition) is 1. The third kappa shape index (κ3) is 5.72. The lowest BCUT2D eigenvalue weighted by Crippen LogP contribution is -2.48.